The van der Waals surface area contributed by atoms with Gasteiger partial charge < -0.3 is 19.2 Å². The van der Waals surface area contributed by atoms with Gasteiger partial charge in [-0.1, -0.05) is 11.6 Å². The summed E-state index contributed by atoms with van der Waals surface area (Å²) >= 11 is 6.11. The van der Waals surface area contributed by atoms with Crippen LogP contribution in [0.15, 0.2) is 22.6 Å². The minimum Gasteiger partial charge on any atom is -0.495 e. The number of halogens is 1. The molecule has 28 heavy (non-hydrogen) atoms. The van der Waals surface area contributed by atoms with Gasteiger partial charge in [0.2, 0.25) is 5.91 Å². The van der Waals surface area contributed by atoms with Crippen molar-refractivity contribution < 1.29 is 23.5 Å². The number of amides is 1. The molecule has 152 valence electrons. The van der Waals surface area contributed by atoms with Crippen molar-refractivity contribution in [2.24, 2.45) is 0 Å². The van der Waals surface area contributed by atoms with Crippen LogP contribution < -0.4 is 10.1 Å². The zero-order chi connectivity index (χ0) is 21.0. The van der Waals surface area contributed by atoms with Crippen molar-refractivity contribution in [2.75, 3.05) is 26.6 Å². The van der Waals surface area contributed by atoms with Gasteiger partial charge in [-0.3, -0.25) is 9.69 Å². The summed E-state index contributed by atoms with van der Waals surface area (Å²) in [6, 6.07) is 4.60. The highest BCUT2D eigenvalue weighted by Crippen LogP contribution is 2.31. The molecule has 1 unspecified atom stereocenters. The van der Waals surface area contributed by atoms with Crippen LogP contribution in [0.3, 0.4) is 0 Å². The summed E-state index contributed by atoms with van der Waals surface area (Å²) in [5, 5.41) is 3.44. The molecule has 2 rings (SSSR count). The Hall–Kier alpha value is -2.51. The third-order valence-electron chi connectivity index (χ3n) is 4.56. The molecule has 1 heterocycles. The molecule has 1 N–H and O–H groups in total. The molecule has 0 saturated carbocycles. The Balaban J connectivity index is 2.09. The Morgan fingerprint density at radius 1 is 1.25 bits per heavy atom. The Labute approximate surface area is 169 Å². The van der Waals surface area contributed by atoms with E-state index in [0.717, 1.165) is 5.56 Å². The quantitative estimate of drug-likeness (QED) is 0.702. The lowest BCUT2D eigenvalue weighted by molar-refractivity contribution is -0.120. The molecule has 7 nitrogen and oxygen atoms in total. The van der Waals surface area contributed by atoms with Gasteiger partial charge in [0.25, 0.3) is 0 Å². The first kappa shape index (κ1) is 21.8. The number of likely N-dealkylation sites (N-methyl/N-ethyl adjacent to an activating group) is 1. The first-order valence-corrected chi connectivity index (χ1v) is 9.08. The van der Waals surface area contributed by atoms with Crippen LogP contribution in [0.5, 0.6) is 5.75 Å². The summed E-state index contributed by atoms with van der Waals surface area (Å²) < 4.78 is 15.6. The first-order chi connectivity index (χ1) is 13.2. The molecular weight excluding hydrogens is 384 g/mol. The van der Waals surface area contributed by atoms with E-state index in [1.807, 2.05) is 11.8 Å². The van der Waals surface area contributed by atoms with Crippen LogP contribution in [0.4, 0.5) is 5.69 Å². The number of benzene rings is 1. The lowest BCUT2D eigenvalue weighted by Gasteiger charge is -2.23. The summed E-state index contributed by atoms with van der Waals surface area (Å²) in [6.45, 7) is 5.68. The fourth-order valence-electron chi connectivity index (χ4n) is 2.68. The lowest BCUT2D eigenvalue weighted by Crippen LogP contribution is -2.39. The van der Waals surface area contributed by atoms with E-state index < -0.39 is 12.0 Å². The number of aryl methyl sites for hydroxylation is 2. The fourth-order valence-corrected chi connectivity index (χ4v) is 2.84. The Kier molecular flexibility index (Phi) is 7.10. The van der Waals surface area contributed by atoms with Crippen molar-refractivity contribution >= 4 is 29.2 Å². The largest absolute Gasteiger partial charge is 0.495 e. The van der Waals surface area contributed by atoms with Gasteiger partial charge in [0.05, 0.1) is 32.5 Å². The van der Waals surface area contributed by atoms with E-state index in [9.17, 15) is 9.59 Å². The van der Waals surface area contributed by atoms with Crippen LogP contribution in [0, 0.1) is 13.8 Å². The second kappa shape index (κ2) is 9.12. The highest BCUT2D eigenvalue weighted by molar-refractivity contribution is 6.31. The molecule has 0 fully saturated rings. The van der Waals surface area contributed by atoms with Crippen molar-refractivity contribution in [3.8, 4) is 5.75 Å². The summed E-state index contributed by atoms with van der Waals surface area (Å²) in [7, 11) is 4.63. The average molecular weight is 409 g/mol. The summed E-state index contributed by atoms with van der Waals surface area (Å²) in [6.07, 6.45) is 0. The summed E-state index contributed by atoms with van der Waals surface area (Å²) in [5.74, 6) is 0.877. The Morgan fingerprint density at radius 3 is 2.54 bits per heavy atom. The Morgan fingerprint density at radius 2 is 1.93 bits per heavy atom. The molecule has 0 aliphatic carbocycles. The van der Waals surface area contributed by atoms with E-state index in [4.69, 9.17) is 25.5 Å². The molecule has 1 atom stereocenters. The molecule has 0 aliphatic rings. The molecule has 0 bridgehead atoms. The molecule has 1 aromatic heterocycles. The molecule has 0 aliphatic heterocycles. The predicted octanol–water partition coefficient (Wildman–Crippen LogP) is 3.80. The van der Waals surface area contributed by atoms with Gasteiger partial charge in [0.1, 0.15) is 22.8 Å². The predicted molar refractivity (Wildman–Crippen MR) is 107 cm³/mol. The van der Waals surface area contributed by atoms with Gasteiger partial charge in [-0.25, -0.2) is 4.79 Å². The molecule has 8 heteroatoms. The van der Waals surface area contributed by atoms with Crippen molar-refractivity contribution in [1.82, 2.24) is 4.90 Å². The molecule has 1 aromatic carbocycles. The number of nitrogens with one attached hydrogen (secondary N) is 1. The standard InChI is InChI=1S/C20H25ClN2O5/c1-11-7-17(18(26-5)9-16(11)21)22-19(24)12(2)23(4)10-14-8-15(13(3)28-14)20(25)27-6/h7-9,12H,10H2,1-6H3,(H,22,24). The smallest absolute Gasteiger partial charge is 0.341 e. The Bertz CT molecular complexity index is 878. The van der Waals surface area contributed by atoms with Gasteiger partial charge in [-0.2, -0.15) is 0 Å². The molecule has 1 amide bonds. The zero-order valence-electron chi connectivity index (χ0n) is 16.9. The number of rotatable bonds is 7. The van der Waals surface area contributed by atoms with Crippen LogP contribution in [0.1, 0.15) is 34.4 Å². The second-order valence-corrected chi connectivity index (χ2v) is 6.96. The maximum Gasteiger partial charge on any atom is 0.341 e. The van der Waals surface area contributed by atoms with Gasteiger partial charge in [0, 0.05) is 11.1 Å². The highest BCUT2D eigenvalue weighted by atomic mass is 35.5. The number of methoxy groups -OCH3 is 2. The van der Waals surface area contributed by atoms with Crippen LogP contribution in [0.2, 0.25) is 5.02 Å². The maximum absolute atomic E-state index is 12.7. The van der Waals surface area contributed by atoms with Crippen molar-refractivity contribution in [3.05, 3.63) is 45.9 Å². The van der Waals surface area contributed by atoms with E-state index in [1.165, 1.54) is 14.2 Å². The van der Waals surface area contributed by atoms with E-state index >= 15 is 0 Å². The van der Waals surface area contributed by atoms with E-state index in [1.54, 1.807) is 39.1 Å². The fraction of sp³-hybridized carbons (Fsp3) is 0.400. The highest BCUT2D eigenvalue weighted by Gasteiger charge is 2.22. The number of carbonyl (C=O) groups is 2. The van der Waals surface area contributed by atoms with Crippen molar-refractivity contribution in [1.29, 1.82) is 0 Å². The SMILES string of the molecule is COC(=O)c1cc(CN(C)C(C)C(=O)Nc2cc(C)c(Cl)cc2OC)oc1C. The minimum atomic E-state index is -0.465. The normalized spacial score (nSPS) is 12.0. The molecule has 0 radical (unpaired) electrons. The van der Waals surface area contributed by atoms with Crippen LogP contribution in [-0.4, -0.2) is 44.1 Å². The van der Waals surface area contributed by atoms with E-state index in [-0.39, 0.29) is 5.91 Å². The number of esters is 1. The number of hydrogen-bond donors (Lipinski definition) is 1. The third-order valence-corrected chi connectivity index (χ3v) is 4.97. The van der Waals surface area contributed by atoms with Gasteiger partial charge in [-0.15, -0.1) is 0 Å². The van der Waals surface area contributed by atoms with E-state index in [2.05, 4.69) is 5.32 Å². The molecule has 2 aromatic rings. The topological polar surface area (TPSA) is 81.0 Å². The second-order valence-electron chi connectivity index (χ2n) is 6.56. The summed E-state index contributed by atoms with van der Waals surface area (Å²) in [5.41, 5.74) is 1.76. The number of furan rings is 1. The summed E-state index contributed by atoms with van der Waals surface area (Å²) in [4.78, 5) is 26.2. The van der Waals surface area contributed by atoms with Crippen molar-refractivity contribution in [2.45, 2.75) is 33.4 Å². The number of hydrogen-bond acceptors (Lipinski definition) is 6. The van der Waals surface area contributed by atoms with Gasteiger partial charge >= 0.3 is 5.97 Å². The molecule has 0 spiro atoms. The van der Waals surface area contributed by atoms with Crippen LogP contribution in [0.25, 0.3) is 0 Å². The number of nitrogens with zero attached hydrogens (tertiary/aromatic N) is 1. The minimum absolute atomic E-state index is 0.209. The zero-order valence-corrected chi connectivity index (χ0v) is 17.6. The number of carbonyl (C=O) groups excluding carboxylic acids is 2. The number of anilines is 1. The number of ether oxygens (including phenoxy) is 2. The average Bonchev–Trinajstić information content (AvgIpc) is 3.02. The third kappa shape index (κ3) is 4.85. The van der Waals surface area contributed by atoms with Crippen molar-refractivity contribution in [3.63, 3.8) is 0 Å². The van der Waals surface area contributed by atoms with Gasteiger partial charge in [0.15, 0.2) is 0 Å². The van der Waals surface area contributed by atoms with Crippen LogP contribution >= 0.6 is 11.6 Å². The van der Waals surface area contributed by atoms with Crippen LogP contribution in [-0.2, 0) is 16.1 Å². The van der Waals surface area contributed by atoms with Gasteiger partial charge in [-0.05, 0) is 45.5 Å². The monoisotopic (exact) mass is 408 g/mol. The molecular formula is C20H25ClN2O5. The maximum atomic E-state index is 12.7. The van der Waals surface area contributed by atoms with E-state index in [0.29, 0.717) is 40.1 Å². The lowest BCUT2D eigenvalue weighted by atomic mass is 10.2. The first-order valence-electron chi connectivity index (χ1n) is 8.70. The molecule has 0 saturated heterocycles.